The highest BCUT2D eigenvalue weighted by atomic mass is 32.3. The third-order valence-electron chi connectivity index (χ3n) is 4.02. The Hall–Kier alpha value is -2.63. The van der Waals surface area contributed by atoms with Gasteiger partial charge in [0.15, 0.2) is 6.04 Å². The predicted octanol–water partition coefficient (Wildman–Crippen LogP) is 0.567. The molecule has 1 fully saturated rings. The first-order chi connectivity index (χ1) is 13.1. The van der Waals surface area contributed by atoms with E-state index in [1.807, 2.05) is 0 Å². The van der Waals surface area contributed by atoms with Crippen molar-refractivity contribution >= 4 is 32.5 Å². The van der Waals surface area contributed by atoms with E-state index in [-0.39, 0.29) is 10.6 Å². The average molecular weight is 462 g/mol. The molecule has 3 rings (SSSR count). The van der Waals surface area contributed by atoms with E-state index >= 15 is 0 Å². The Balaban J connectivity index is 2.20. The number of nitrogens with zero attached hydrogens (tertiary/aromatic N) is 2. The quantitative estimate of drug-likeness (QED) is 0.358. The van der Waals surface area contributed by atoms with Crippen LogP contribution in [0.3, 0.4) is 0 Å². The van der Waals surface area contributed by atoms with E-state index in [0.717, 1.165) is 18.2 Å². The number of hydrogen-bond acceptors (Lipinski definition) is 8. The van der Waals surface area contributed by atoms with E-state index in [4.69, 9.17) is 4.55 Å². The molecule has 2 aliphatic heterocycles. The number of amides is 2. The number of aliphatic carboxylic acids is 1. The van der Waals surface area contributed by atoms with Crippen LogP contribution in [0.1, 0.15) is 23.2 Å². The van der Waals surface area contributed by atoms with Crippen molar-refractivity contribution in [3.8, 4) is 5.75 Å². The van der Waals surface area contributed by atoms with Gasteiger partial charge in [-0.05, 0) is 11.6 Å². The van der Waals surface area contributed by atoms with E-state index in [9.17, 15) is 44.7 Å². The van der Waals surface area contributed by atoms with E-state index in [1.54, 1.807) is 0 Å². The summed E-state index contributed by atoms with van der Waals surface area (Å²) in [4.78, 5) is 24.6. The van der Waals surface area contributed by atoms with Gasteiger partial charge in [-0.2, -0.15) is 35.1 Å². The lowest BCUT2D eigenvalue weighted by atomic mass is 9.90. The van der Waals surface area contributed by atoms with Gasteiger partial charge in [0.2, 0.25) is 0 Å². The summed E-state index contributed by atoms with van der Waals surface area (Å²) < 4.78 is 99.9. The number of rotatable bonds is 5. The molecule has 2 N–H and O–H groups in total. The largest absolute Gasteiger partial charge is 0.534 e. The average Bonchev–Trinajstić information content (AvgIpc) is 2.78. The molecule has 1 aromatic rings. The molecule has 2 aliphatic rings. The summed E-state index contributed by atoms with van der Waals surface area (Å²) in [7, 11) is -11.5. The highest BCUT2D eigenvalue weighted by Crippen LogP contribution is 2.48. The van der Waals surface area contributed by atoms with Gasteiger partial charge in [0.25, 0.3) is 0 Å². The van der Waals surface area contributed by atoms with Crippen molar-refractivity contribution in [2.45, 2.75) is 17.6 Å². The van der Waals surface area contributed by atoms with Crippen LogP contribution >= 0.6 is 0 Å². The Morgan fingerprint density at radius 3 is 2.34 bits per heavy atom. The summed E-state index contributed by atoms with van der Waals surface area (Å²) in [6.07, 6.45) is 0. The maximum Gasteiger partial charge on any atom is 0.534 e. The number of carbonyl (C=O) groups excluding carboxylic acids is 1. The van der Waals surface area contributed by atoms with Crippen molar-refractivity contribution in [3.05, 3.63) is 29.3 Å². The minimum absolute atomic E-state index is 0.00414. The molecule has 12 nitrogen and oxygen atoms in total. The van der Waals surface area contributed by atoms with E-state index < -0.39 is 68.0 Å². The van der Waals surface area contributed by atoms with Crippen molar-refractivity contribution in [1.29, 1.82) is 0 Å². The van der Waals surface area contributed by atoms with Gasteiger partial charge < -0.3 is 14.2 Å². The number of fused-ring (bicyclic) bond motifs is 4. The van der Waals surface area contributed by atoms with E-state index in [1.165, 1.54) is 0 Å². The van der Waals surface area contributed by atoms with Crippen LogP contribution in [0.5, 0.6) is 5.75 Å². The van der Waals surface area contributed by atoms with Crippen LogP contribution in [0.2, 0.25) is 0 Å². The highest BCUT2D eigenvalue weighted by Gasteiger charge is 2.55. The third-order valence-corrected chi connectivity index (χ3v) is 5.33. The summed E-state index contributed by atoms with van der Waals surface area (Å²) in [5.74, 6) is -2.64. The molecule has 17 heteroatoms. The summed E-state index contributed by atoms with van der Waals surface area (Å²) in [6.45, 7) is -0.606. The molecule has 0 unspecified atom stereocenters. The number of hydrogen-bond donors (Lipinski definition) is 2. The summed E-state index contributed by atoms with van der Waals surface area (Å²) in [5, 5.41) is 9.44. The zero-order chi connectivity index (χ0) is 21.9. The number of carboxylic acids is 1. The van der Waals surface area contributed by atoms with Crippen molar-refractivity contribution in [3.63, 3.8) is 0 Å². The molecule has 2 heterocycles. The Labute approximate surface area is 160 Å². The van der Waals surface area contributed by atoms with Crippen LogP contribution in [0.15, 0.2) is 18.2 Å². The number of alkyl halides is 3. The van der Waals surface area contributed by atoms with E-state index in [0.29, 0.717) is 4.90 Å². The molecule has 1 aromatic carbocycles. The second-order valence-corrected chi connectivity index (χ2v) is 8.30. The fourth-order valence-corrected chi connectivity index (χ4v) is 3.88. The van der Waals surface area contributed by atoms with Crippen molar-refractivity contribution in [1.82, 2.24) is 9.96 Å². The predicted molar refractivity (Wildman–Crippen MR) is 81.7 cm³/mol. The minimum atomic E-state index is -6.18. The standard InChI is InChI=1S/C12H9F3N2O10S2/c13-12(14,15)28(21,22)26-7-3-1-2-5-8(7)6-4-16(9(5)10(18)19)11(20)17(6)27-29(23,24)25/h1-3,6,9H,4H2,(H,18,19)(H,23,24,25)/t6-,9+/m0/s1. The zero-order valence-electron chi connectivity index (χ0n) is 13.6. The Bertz CT molecular complexity index is 1100. The first-order valence-corrected chi connectivity index (χ1v) is 10.0. The van der Waals surface area contributed by atoms with Crippen LogP contribution in [0.25, 0.3) is 0 Å². The maximum absolute atomic E-state index is 12.7. The normalized spacial score (nSPS) is 21.9. The molecule has 0 aromatic heterocycles. The number of carbonyl (C=O) groups is 2. The molecule has 29 heavy (non-hydrogen) atoms. The molecule has 160 valence electrons. The molecule has 1 saturated heterocycles. The molecule has 0 spiro atoms. The number of halogens is 3. The molecule has 2 atom stereocenters. The fourth-order valence-electron chi connectivity index (χ4n) is 3.04. The Kier molecular flexibility index (Phi) is 4.68. The molecule has 0 saturated carbocycles. The van der Waals surface area contributed by atoms with Gasteiger partial charge in [0.1, 0.15) is 11.8 Å². The molecular formula is C12H9F3N2O10S2. The van der Waals surface area contributed by atoms with Gasteiger partial charge >= 0.3 is 38.0 Å². The van der Waals surface area contributed by atoms with Crippen molar-refractivity contribution in [2.75, 3.05) is 6.54 Å². The lowest BCUT2D eigenvalue weighted by molar-refractivity contribution is -0.142. The molecule has 2 bridgehead atoms. The Morgan fingerprint density at radius 2 is 1.83 bits per heavy atom. The lowest BCUT2D eigenvalue weighted by Gasteiger charge is -2.31. The summed E-state index contributed by atoms with van der Waals surface area (Å²) >= 11 is 0. The van der Waals surface area contributed by atoms with Crippen LogP contribution in [-0.2, 0) is 29.6 Å². The minimum Gasteiger partial charge on any atom is -0.479 e. The topological polar surface area (TPSA) is 168 Å². The van der Waals surface area contributed by atoms with Gasteiger partial charge in [-0.15, -0.1) is 4.28 Å². The van der Waals surface area contributed by atoms with Gasteiger partial charge in [0, 0.05) is 5.56 Å². The van der Waals surface area contributed by atoms with Crippen LogP contribution in [0.4, 0.5) is 18.0 Å². The smallest absolute Gasteiger partial charge is 0.479 e. The fraction of sp³-hybridized carbons (Fsp3) is 0.333. The van der Waals surface area contributed by atoms with Crippen LogP contribution in [-0.4, -0.2) is 60.5 Å². The highest BCUT2D eigenvalue weighted by molar-refractivity contribution is 7.88. The van der Waals surface area contributed by atoms with Gasteiger partial charge in [-0.1, -0.05) is 12.1 Å². The molecule has 0 radical (unpaired) electrons. The number of hydroxylamine groups is 2. The van der Waals surface area contributed by atoms with Gasteiger partial charge in [0.05, 0.1) is 6.54 Å². The van der Waals surface area contributed by atoms with E-state index in [2.05, 4.69) is 8.47 Å². The zero-order valence-corrected chi connectivity index (χ0v) is 15.2. The molecule has 2 amide bonds. The lowest BCUT2D eigenvalue weighted by Crippen LogP contribution is -2.38. The van der Waals surface area contributed by atoms with Crippen molar-refractivity contribution in [2.24, 2.45) is 0 Å². The third kappa shape index (κ3) is 3.56. The van der Waals surface area contributed by atoms with Crippen molar-refractivity contribution < 1.29 is 57.7 Å². The number of carboxylic acid groups (broad SMARTS) is 1. The first kappa shape index (κ1) is 21.1. The second kappa shape index (κ2) is 6.44. The number of urea groups is 1. The summed E-state index contributed by atoms with van der Waals surface area (Å²) in [6, 6.07) is -1.95. The van der Waals surface area contributed by atoms with Gasteiger partial charge in [-0.25, -0.2) is 9.59 Å². The number of benzene rings is 1. The SMILES string of the molecule is O=C(O)[C@H]1c2cccc(OS(=O)(=O)C(F)(F)F)c2[C@@H]2CN1C(=O)N2OS(=O)(=O)O. The van der Waals surface area contributed by atoms with Crippen LogP contribution < -0.4 is 4.18 Å². The molecular weight excluding hydrogens is 453 g/mol. The summed E-state index contributed by atoms with van der Waals surface area (Å²) in [5.41, 5.74) is -6.70. The first-order valence-electron chi connectivity index (χ1n) is 7.27. The Morgan fingerprint density at radius 1 is 1.21 bits per heavy atom. The maximum atomic E-state index is 12.7. The molecule has 0 aliphatic carbocycles. The van der Waals surface area contributed by atoms with Crippen LogP contribution in [0, 0.1) is 0 Å². The monoisotopic (exact) mass is 462 g/mol. The second-order valence-electron chi connectivity index (χ2n) is 5.76. The van der Waals surface area contributed by atoms with Gasteiger partial charge in [-0.3, -0.25) is 4.55 Å².